The lowest BCUT2D eigenvalue weighted by molar-refractivity contribution is -0.0942. The molecule has 0 saturated heterocycles. The molecule has 23 heavy (non-hydrogen) atoms. The molecule has 0 aliphatic rings. The van der Waals surface area contributed by atoms with Crippen molar-refractivity contribution < 1.29 is 9.63 Å². The predicted molar refractivity (Wildman–Crippen MR) is 92.5 cm³/mol. The van der Waals surface area contributed by atoms with Crippen molar-refractivity contribution >= 4 is 52.3 Å². The first kappa shape index (κ1) is 18.3. The third kappa shape index (κ3) is 4.49. The number of benzene rings is 1. The van der Waals surface area contributed by atoms with Crippen molar-refractivity contribution in [3.63, 3.8) is 0 Å². The maximum atomic E-state index is 12.4. The van der Waals surface area contributed by atoms with E-state index in [0.29, 0.717) is 27.1 Å². The van der Waals surface area contributed by atoms with Gasteiger partial charge in [-0.2, -0.15) is 0 Å². The summed E-state index contributed by atoms with van der Waals surface area (Å²) in [5, 5.41) is 2.60. The molecular formula is C15H12Cl4N2O2. The Hall–Kier alpha value is -1.04. The number of carbonyl (C=O) groups excluding carboxylic acids is 1. The van der Waals surface area contributed by atoms with Crippen molar-refractivity contribution in [1.82, 2.24) is 10.0 Å². The molecule has 2 rings (SSSR count). The summed E-state index contributed by atoms with van der Waals surface area (Å²) < 4.78 is 0. The zero-order valence-electron chi connectivity index (χ0n) is 12.0. The molecule has 1 aromatic carbocycles. The molecule has 0 fully saturated rings. The molecule has 0 atom stereocenters. The van der Waals surface area contributed by atoms with Crippen molar-refractivity contribution in [3.8, 4) is 0 Å². The monoisotopic (exact) mass is 392 g/mol. The van der Waals surface area contributed by atoms with E-state index in [4.69, 9.17) is 51.2 Å². The molecule has 4 nitrogen and oxygen atoms in total. The second-order valence-electron chi connectivity index (χ2n) is 4.53. The molecule has 0 radical (unpaired) electrons. The van der Waals surface area contributed by atoms with Crippen molar-refractivity contribution in [1.29, 1.82) is 0 Å². The van der Waals surface area contributed by atoms with Crippen LogP contribution in [0.25, 0.3) is 0 Å². The summed E-state index contributed by atoms with van der Waals surface area (Å²) in [5.74, 6) is -0.396. The Morgan fingerprint density at radius 2 is 1.87 bits per heavy atom. The van der Waals surface area contributed by atoms with Gasteiger partial charge in [-0.25, -0.2) is 10.0 Å². The number of hydrogen-bond acceptors (Lipinski definition) is 3. The highest BCUT2D eigenvalue weighted by atomic mass is 35.5. The van der Waals surface area contributed by atoms with E-state index in [9.17, 15) is 4.79 Å². The average Bonchev–Trinajstić information content (AvgIpc) is 2.50. The standard InChI is InChI=1S/C15H12Cl4N2O2/c1-23-21(15(22)11-3-2-5-20-14(11)19)6-4-10-12(17)7-9(16)8-13(10)18/h2-3,5,7-8H,4,6H2,1H3. The van der Waals surface area contributed by atoms with E-state index in [0.717, 1.165) is 0 Å². The molecular weight excluding hydrogens is 382 g/mol. The van der Waals surface area contributed by atoms with E-state index in [1.807, 2.05) is 0 Å². The summed E-state index contributed by atoms with van der Waals surface area (Å²) in [5.41, 5.74) is 0.939. The molecule has 0 bridgehead atoms. The highest BCUT2D eigenvalue weighted by Crippen LogP contribution is 2.29. The Morgan fingerprint density at radius 1 is 1.22 bits per heavy atom. The fraction of sp³-hybridized carbons (Fsp3) is 0.200. The molecule has 8 heteroatoms. The Bertz CT molecular complexity index is 701. The van der Waals surface area contributed by atoms with Crippen LogP contribution in [0.2, 0.25) is 20.2 Å². The second-order valence-corrected chi connectivity index (χ2v) is 6.14. The predicted octanol–water partition coefficient (Wildman–Crippen LogP) is 4.94. The van der Waals surface area contributed by atoms with Crippen LogP contribution in [0.1, 0.15) is 15.9 Å². The van der Waals surface area contributed by atoms with Gasteiger partial charge in [0.25, 0.3) is 5.91 Å². The van der Waals surface area contributed by atoms with Crippen molar-refractivity contribution in [2.75, 3.05) is 13.7 Å². The van der Waals surface area contributed by atoms with Crippen LogP contribution >= 0.6 is 46.4 Å². The van der Waals surface area contributed by atoms with Gasteiger partial charge in [-0.3, -0.25) is 9.63 Å². The van der Waals surface area contributed by atoms with Crippen LogP contribution in [0.5, 0.6) is 0 Å². The van der Waals surface area contributed by atoms with Crippen LogP contribution in [-0.4, -0.2) is 29.6 Å². The molecule has 0 aliphatic carbocycles. The maximum absolute atomic E-state index is 12.4. The van der Waals surface area contributed by atoms with Gasteiger partial charge in [-0.05, 0) is 36.2 Å². The van der Waals surface area contributed by atoms with Crippen molar-refractivity contribution in [2.45, 2.75) is 6.42 Å². The van der Waals surface area contributed by atoms with Gasteiger partial charge in [-0.1, -0.05) is 46.4 Å². The van der Waals surface area contributed by atoms with Gasteiger partial charge in [0.1, 0.15) is 5.15 Å². The summed E-state index contributed by atoms with van der Waals surface area (Å²) in [4.78, 5) is 21.4. The number of amides is 1. The average molecular weight is 394 g/mol. The lowest BCUT2D eigenvalue weighted by atomic mass is 10.1. The quantitative estimate of drug-likeness (QED) is 0.533. The third-order valence-corrected chi connectivity index (χ3v) is 4.30. The fourth-order valence-electron chi connectivity index (χ4n) is 1.98. The fourth-order valence-corrected chi connectivity index (χ4v) is 3.19. The number of rotatable bonds is 5. The van der Waals surface area contributed by atoms with Crippen LogP contribution in [-0.2, 0) is 11.3 Å². The number of nitrogens with zero attached hydrogens (tertiary/aromatic N) is 2. The summed E-state index contributed by atoms with van der Waals surface area (Å²) in [7, 11) is 1.40. The van der Waals surface area contributed by atoms with E-state index >= 15 is 0 Å². The number of halogens is 4. The second kappa shape index (κ2) is 8.18. The molecule has 2 aromatic rings. The number of carbonyl (C=O) groups is 1. The van der Waals surface area contributed by atoms with Crippen molar-refractivity contribution in [3.05, 3.63) is 61.8 Å². The molecule has 0 spiro atoms. The molecule has 0 unspecified atom stereocenters. The lowest BCUT2D eigenvalue weighted by Crippen LogP contribution is -2.32. The molecule has 1 heterocycles. The zero-order chi connectivity index (χ0) is 17.0. The Kier molecular flexibility index (Phi) is 6.50. The van der Waals surface area contributed by atoms with Crippen LogP contribution in [0, 0.1) is 0 Å². The summed E-state index contributed by atoms with van der Waals surface area (Å²) in [6.45, 7) is 0.238. The largest absolute Gasteiger partial charge is 0.280 e. The smallest absolute Gasteiger partial charge is 0.274 e. The van der Waals surface area contributed by atoms with Crippen LogP contribution in [0.3, 0.4) is 0 Å². The lowest BCUT2D eigenvalue weighted by Gasteiger charge is -2.20. The zero-order valence-corrected chi connectivity index (χ0v) is 15.0. The first-order chi connectivity index (χ1) is 10.9. The normalized spacial score (nSPS) is 10.7. The number of hydrogen-bond donors (Lipinski definition) is 0. The van der Waals surface area contributed by atoms with Crippen LogP contribution in [0.15, 0.2) is 30.5 Å². The van der Waals surface area contributed by atoms with E-state index < -0.39 is 5.91 Å². The number of pyridine rings is 1. The summed E-state index contributed by atoms with van der Waals surface area (Å²) in [6.07, 6.45) is 1.90. The molecule has 1 amide bonds. The first-order valence-electron chi connectivity index (χ1n) is 6.54. The Balaban J connectivity index is 2.15. The Morgan fingerprint density at radius 3 is 2.43 bits per heavy atom. The molecule has 0 saturated carbocycles. The summed E-state index contributed by atoms with van der Waals surface area (Å²) >= 11 is 24.1. The molecule has 0 N–H and O–H groups in total. The van der Waals surface area contributed by atoms with Crippen LogP contribution in [0.4, 0.5) is 0 Å². The van der Waals surface area contributed by atoms with Gasteiger partial charge < -0.3 is 0 Å². The number of hydroxylamine groups is 2. The molecule has 122 valence electrons. The summed E-state index contributed by atoms with van der Waals surface area (Å²) in [6, 6.07) is 6.40. The SMILES string of the molecule is CON(CCc1c(Cl)cc(Cl)cc1Cl)C(=O)c1cccnc1Cl. The molecule has 0 aliphatic heterocycles. The third-order valence-electron chi connectivity index (χ3n) is 3.11. The topological polar surface area (TPSA) is 42.4 Å². The highest BCUT2D eigenvalue weighted by Gasteiger charge is 2.20. The highest BCUT2D eigenvalue weighted by molar-refractivity contribution is 6.39. The van der Waals surface area contributed by atoms with Gasteiger partial charge in [0, 0.05) is 21.3 Å². The Labute approximate surface area is 153 Å². The van der Waals surface area contributed by atoms with Gasteiger partial charge in [0.05, 0.1) is 19.2 Å². The van der Waals surface area contributed by atoms with E-state index in [-0.39, 0.29) is 17.3 Å². The first-order valence-corrected chi connectivity index (χ1v) is 8.05. The number of aromatic nitrogens is 1. The minimum atomic E-state index is -0.396. The van der Waals surface area contributed by atoms with Gasteiger partial charge >= 0.3 is 0 Å². The minimum absolute atomic E-state index is 0.113. The molecule has 1 aromatic heterocycles. The maximum Gasteiger partial charge on any atom is 0.280 e. The van der Waals surface area contributed by atoms with E-state index in [1.165, 1.54) is 18.4 Å². The van der Waals surface area contributed by atoms with Gasteiger partial charge in [0.15, 0.2) is 0 Å². The minimum Gasteiger partial charge on any atom is -0.274 e. The van der Waals surface area contributed by atoms with E-state index in [1.54, 1.807) is 24.3 Å². The van der Waals surface area contributed by atoms with Gasteiger partial charge in [0.2, 0.25) is 0 Å². The van der Waals surface area contributed by atoms with Crippen molar-refractivity contribution in [2.24, 2.45) is 0 Å². The van der Waals surface area contributed by atoms with E-state index in [2.05, 4.69) is 4.98 Å². The van der Waals surface area contributed by atoms with Gasteiger partial charge in [-0.15, -0.1) is 0 Å². The van der Waals surface area contributed by atoms with Crippen LogP contribution < -0.4 is 0 Å².